The number of nitrogens with two attached hydrogens (primary N) is 1. The van der Waals surface area contributed by atoms with Gasteiger partial charge in [-0.15, -0.1) is 0 Å². The van der Waals surface area contributed by atoms with E-state index in [9.17, 15) is 29.7 Å². The van der Waals surface area contributed by atoms with Gasteiger partial charge in [0.25, 0.3) is 5.91 Å². The van der Waals surface area contributed by atoms with Gasteiger partial charge in [-0.2, -0.15) is 0 Å². The predicted octanol–water partition coefficient (Wildman–Crippen LogP) is 2.98. The minimum atomic E-state index is -1.02. The Hall–Kier alpha value is -4.14. The van der Waals surface area contributed by atoms with Crippen LogP contribution in [0.4, 0.5) is 5.69 Å². The minimum absolute atomic E-state index is 0.0301. The summed E-state index contributed by atoms with van der Waals surface area (Å²) < 4.78 is 0. The van der Waals surface area contributed by atoms with E-state index >= 15 is 0 Å². The summed E-state index contributed by atoms with van der Waals surface area (Å²) >= 11 is 0. The quantitative estimate of drug-likeness (QED) is 0.163. The molecule has 0 aliphatic heterocycles. The smallest absolute Gasteiger partial charge is 0.255 e. The van der Waals surface area contributed by atoms with Crippen molar-refractivity contribution in [2.75, 3.05) is 19.0 Å². The van der Waals surface area contributed by atoms with Crippen molar-refractivity contribution >= 4 is 23.7 Å². The highest BCUT2D eigenvalue weighted by molar-refractivity contribution is 6.15. The number of fused-ring (bicyclic) bond motifs is 2. The van der Waals surface area contributed by atoms with Crippen LogP contribution in [-0.2, 0) is 16.0 Å². The second-order valence-corrected chi connectivity index (χ2v) is 9.22. The number of amides is 1. The lowest BCUT2D eigenvalue weighted by Gasteiger charge is -2.36. The van der Waals surface area contributed by atoms with Crippen molar-refractivity contribution in [3.05, 3.63) is 64.4 Å². The number of phenols is 1. The number of carbonyl (C=O) groups is 3. The van der Waals surface area contributed by atoms with Gasteiger partial charge in [0.2, 0.25) is 0 Å². The molecule has 9 nitrogen and oxygen atoms in total. The summed E-state index contributed by atoms with van der Waals surface area (Å²) in [5.74, 6) is -2.80. The Morgan fingerprint density at radius 3 is 2.63 bits per heavy atom. The van der Waals surface area contributed by atoms with E-state index < -0.39 is 23.0 Å². The van der Waals surface area contributed by atoms with Crippen molar-refractivity contribution in [2.24, 2.45) is 17.6 Å². The van der Waals surface area contributed by atoms with Gasteiger partial charge in [-0.25, -0.2) is 0 Å². The topological polar surface area (TPSA) is 154 Å². The lowest BCUT2D eigenvalue weighted by molar-refractivity contribution is -0.117. The molecule has 2 aliphatic carbocycles. The maximum Gasteiger partial charge on any atom is 0.255 e. The largest absolute Gasteiger partial charge is 0.512 e. The number of aliphatic hydroxyl groups excluding tert-OH is 2. The first-order valence-corrected chi connectivity index (χ1v) is 11.2. The van der Waals surface area contributed by atoms with Crippen molar-refractivity contribution in [2.45, 2.75) is 25.7 Å². The molecular weight excluding hydrogens is 450 g/mol. The maximum atomic E-state index is 13.6. The van der Waals surface area contributed by atoms with Crippen LogP contribution in [-0.4, -0.2) is 52.4 Å². The highest BCUT2D eigenvalue weighted by atomic mass is 16.3. The number of aromatic hydroxyl groups is 1. The van der Waals surface area contributed by atoms with Crippen LogP contribution in [0.2, 0.25) is 0 Å². The number of rotatable bonds is 6. The zero-order valence-electron chi connectivity index (χ0n) is 19.5. The van der Waals surface area contributed by atoms with E-state index in [-0.39, 0.29) is 53.6 Å². The van der Waals surface area contributed by atoms with Crippen LogP contribution in [0.5, 0.6) is 5.75 Å². The molecule has 0 spiro atoms. The summed E-state index contributed by atoms with van der Waals surface area (Å²) in [7, 11) is 3.70. The molecule has 0 bridgehead atoms. The summed E-state index contributed by atoms with van der Waals surface area (Å²) in [6, 6.07) is 5.37. The molecule has 2 aromatic rings. The van der Waals surface area contributed by atoms with Gasteiger partial charge in [0.1, 0.15) is 17.1 Å². The highest BCUT2D eigenvalue weighted by Gasteiger charge is 2.41. The van der Waals surface area contributed by atoms with Gasteiger partial charge in [-0.05, 0) is 42.4 Å². The van der Waals surface area contributed by atoms with Crippen LogP contribution in [0.15, 0.2) is 53.3 Å². The fourth-order valence-corrected chi connectivity index (χ4v) is 5.20. The molecule has 35 heavy (non-hydrogen) atoms. The molecule has 4 rings (SSSR count). The fourth-order valence-electron chi connectivity index (χ4n) is 5.20. The standard InChI is InChI=1S/C26H27N3O6/c1-29(2)19-10-16(14-4-3-5-28-11-14)24(33)23-17(19)9-15-6-13(8-21(32)22(15)25(23)34)7-20(31)18(12-30)26(27)35/h3-5,10-13,15,31-33H,6-9H2,1-2H3,(H2,27,35)/b20-18-. The van der Waals surface area contributed by atoms with E-state index in [0.717, 1.165) is 5.69 Å². The Morgan fingerprint density at radius 1 is 1.29 bits per heavy atom. The molecule has 2 atom stereocenters. The van der Waals surface area contributed by atoms with E-state index in [1.54, 1.807) is 24.5 Å². The summed E-state index contributed by atoms with van der Waals surface area (Å²) in [6.45, 7) is 0. The molecule has 1 heterocycles. The Labute approximate surface area is 202 Å². The van der Waals surface area contributed by atoms with Crippen LogP contribution in [0.25, 0.3) is 11.1 Å². The average molecular weight is 478 g/mol. The third kappa shape index (κ3) is 4.25. The molecule has 1 aromatic carbocycles. The molecule has 2 unspecified atom stereocenters. The van der Waals surface area contributed by atoms with Crippen molar-refractivity contribution in [1.29, 1.82) is 0 Å². The molecule has 0 radical (unpaired) electrons. The number of benzene rings is 1. The van der Waals surface area contributed by atoms with Crippen LogP contribution in [0.3, 0.4) is 0 Å². The molecule has 1 amide bonds. The van der Waals surface area contributed by atoms with Gasteiger partial charge in [0.05, 0.1) is 11.3 Å². The molecular formula is C26H27N3O6. The van der Waals surface area contributed by atoms with E-state index in [2.05, 4.69) is 4.98 Å². The second-order valence-electron chi connectivity index (χ2n) is 9.22. The number of hydrogen-bond acceptors (Lipinski definition) is 8. The zero-order chi connectivity index (χ0) is 25.4. The number of phenolic OH excluding ortho intramolecular Hbond substituents is 1. The fraction of sp³-hybridized carbons (Fsp3) is 0.308. The van der Waals surface area contributed by atoms with Crippen molar-refractivity contribution in [1.82, 2.24) is 4.98 Å². The van der Waals surface area contributed by atoms with Crippen LogP contribution in [0, 0.1) is 11.8 Å². The van der Waals surface area contributed by atoms with Crippen LogP contribution < -0.4 is 10.6 Å². The Balaban J connectivity index is 1.77. The number of hydrogen-bond donors (Lipinski definition) is 4. The molecule has 1 aromatic heterocycles. The predicted molar refractivity (Wildman–Crippen MR) is 129 cm³/mol. The molecule has 0 fully saturated rings. The van der Waals surface area contributed by atoms with Gasteiger partial charge >= 0.3 is 0 Å². The summed E-state index contributed by atoms with van der Waals surface area (Å²) in [6.07, 6.45) is 4.34. The number of aliphatic hydroxyl groups is 2. The van der Waals surface area contributed by atoms with Crippen molar-refractivity contribution in [3.8, 4) is 16.9 Å². The van der Waals surface area contributed by atoms with Gasteiger partial charge in [0.15, 0.2) is 12.1 Å². The summed E-state index contributed by atoms with van der Waals surface area (Å²) in [5, 5.41) is 32.3. The van der Waals surface area contributed by atoms with Crippen molar-refractivity contribution < 1.29 is 29.7 Å². The number of aromatic nitrogens is 1. The van der Waals surface area contributed by atoms with Gasteiger partial charge in [0, 0.05) is 61.7 Å². The molecule has 9 heteroatoms. The number of allylic oxidation sites excluding steroid dienone is 3. The number of Topliss-reactive ketones (excluding diaryl/α,β-unsaturated/α-hetero) is 1. The van der Waals surface area contributed by atoms with Crippen LogP contribution >= 0.6 is 0 Å². The average Bonchev–Trinajstić information content (AvgIpc) is 2.79. The van der Waals surface area contributed by atoms with Crippen LogP contribution in [0.1, 0.15) is 35.2 Å². The summed E-state index contributed by atoms with van der Waals surface area (Å²) in [4.78, 5) is 42.1. The van der Waals surface area contributed by atoms with Crippen molar-refractivity contribution in [3.63, 3.8) is 0 Å². The van der Waals surface area contributed by atoms with E-state index in [4.69, 9.17) is 5.73 Å². The number of aldehydes is 1. The highest BCUT2D eigenvalue weighted by Crippen LogP contribution is 2.49. The first kappa shape index (κ1) is 24.0. The lowest BCUT2D eigenvalue weighted by atomic mass is 9.68. The number of ketones is 1. The molecule has 0 saturated heterocycles. The Morgan fingerprint density at radius 2 is 2.03 bits per heavy atom. The number of anilines is 1. The molecule has 2 aliphatic rings. The second kappa shape index (κ2) is 9.25. The van der Waals surface area contributed by atoms with E-state index in [1.807, 2.05) is 25.1 Å². The number of nitrogens with zero attached hydrogens (tertiary/aromatic N) is 2. The zero-order valence-corrected chi connectivity index (χ0v) is 19.5. The monoisotopic (exact) mass is 477 g/mol. The minimum Gasteiger partial charge on any atom is -0.512 e. The lowest BCUT2D eigenvalue weighted by Crippen LogP contribution is -2.32. The number of pyridine rings is 1. The third-order valence-corrected chi connectivity index (χ3v) is 6.76. The number of primary amides is 1. The Kier molecular flexibility index (Phi) is 6.34. The molecule has 0 saturated carbocycles. The first-order valence-electron chi connectivity index (χ1n) is 11.2. The third-order valence-electron chi connectivity index (χ3n) is 6.76. The maximum absolute atomic E-state index is 13.6. The van der Waals surface area contributed by atoms with Gasteiger partial charge < -0.3 is 26.0 Å². The van der Waals surface area contributed by atoms with Gasteiger partial charge in [-0.1, -0.05) is 6.07 Å². The van der Waals surface area contributed by atoms with E-state index in [0.29, 0.717) is 29.5 Å². The first-order chi connectivity index (χ1) is 16.6. The number of carbonyl (C=O) groups excluding carboxylic acids is 3. The van der Waals surface area contributed by atoms with Gasteiger partial charge in [-0.3, -0.25) is 19.4 Å². The Bertz CT molecular complexity index is 1280. The van der Waals surface area contributed by atoms with E-state index in [1.165, 1.54) is 0 Å². The SMILES string of the molecule is CN(C)c1cc(-c2cccnc2)c(O)c2c1CC1CC(C/C(O)=C(\C=O)C(N)=O)CC(O)=C1C2=O. The molecule has 182 valence electrons. The normalized spacial score (nSPS) is 20.0. The molecule has 5 N–H and O–H groups in total. The summed E-state index contributed by atoms with van der Waals surface area (Å²) in [5.41, 5.74) is 7.67.